The fourth-order valence-electron chi connectivity index (χ4n) is 3.66. The number of hydrogen-bond acceptors (Lipinski definition) is 6. The molecule has 0 aliphatic carbocycles. The minimum atomic E-state index is -0.0700. The van der Waals surface area contributed by atoms with Crippen LogP contribution in [0, 0.1) is 0 Å². The molecular weight excluding hydrogens is 326 g/mol. The summed E-state index contributed by atoms with van der Waals surface area (Å²) in [6.45, 7) is 4.51. The summed E-state index contributed by atoms with van der Waals surface area (Å²) in [6.07, 6.45) is 5.60. The van der Waals surface area contributed by atoms with Crippen LogP contribution < -0.4 is 10.6 Å². The van der Waals surface area contributed by atoms with Gasteiger partial charge in [-0.1, -0.05) is 12.1 Å². The van der Waals surface area contributed by atoms with Crippen LogP contribution in [0.15, 0.2) is 41.8 Å². The summed E-state index contributed by atoms with van der Waals surface area (Å²) in [7, 11) is 0. The van der Waals surface area contributed by atoms with Crippen LogP contribution >= 0.6 is 0 Å². The summed E-state index contributed by atoms with van der Waals surface area (Å²) in [6, 6.07) is 8.04. The van der Waals surface area contributed by atoms with Crippen LogP contribution in [0.4, 0.5) is 5.82 Å². The first-order valence-corrected chi connectivity index (χ1v) is 8.98. The Morgan fingerprint density at radius 2 is 1.92 bits per heavy atom. The van der Waals surface area contributed by atoms with Gasteiger partial charge in [0, 0.05) is 18.6 Å². The molecule has 26 heavy (non-hydrogen) atoms. The molecule has 1 saturated heterocycles. The van der Waals surface area contributed by atoms with E-state index in [0.717, 1.165) is 60.0 Å². The van der Waals surface area contributed by atoms with Crippen LogP contribution in [0.2, 0.25) is 0 Å². The quantitative estimate of drug-likeness (QED) is 0.727. The fourth-order valence-corrected chi connectivity index (χ4v) is 3.66. The van der Waals surface area contributed by atoms with E-state index >= 15 is 0 Å². The van der Waals surface area contributed by atoms with E-state index in [-0.39, 0.29) is 5.54 Å². The van der Waals surface area contributed by atoms with Crippen molar-refractivity contribution in [3.05, 3.63) is 48.2 Å². The Bertz CT molecular complexity index is 1010. The number of aromatic nitrogens is 4. The third-order valence-electron chi connectivity index (χ3n) is 5.33. The number of hydrogen-bond donors (Lipinski definition) is 1. The molecule has 132 valence electrons. The molecule has 1 fully saturated rings. The van der Waals surface area contributed by atoms with Crippen LogP contribution in [-0.4, -0.2) is 44.0 Å². The van der Waals surface area contributed by atoms with Gasteiger partial charge in [-0.25, -0.2) is 15.0 Å². The number of nitrogens with zero attached hydrogens (tertiary/aromatic N) is 6. The summed E-state index contributed by atoms with van der Waals surface area (Å²) in [5, 5.41) is 0. The lowest BCUT2D eigenvalue weighted by atomic mass is 9.91. The number of anilines is 1. The molecule has 2 aliphatic heterocycles. The zero-order valence-electron chi connectivity index (χ0n) is 14.8. The summed E-state index contributed by atoms with van der Waals surface area (Å²) >= 11 is 0. The van der Waals surface area contributed by atoms with Crippen LogP contribution in [0.3, 0.4) is 0 Å². The summed E-state index contributed by atoms with van der Waals surface area (Å²) in [5.41, 5.74) is 9.92. The standard InChI is InChI=1S/C19H21N7/c1-19(20)6-8-25(9-7-19)16-11-21-17-14(24-16)10-22-18(17)26-12-23-13-4-2-3-5-15(13)26/h2-5,11-12H,6-10,20H2,1H3. The molecule has 2 aliphatic rings. The van der Waals surface area contributed by atoms with Crippen molar-refractivity contribution in [2.75, 3.05) is 18.0 Å². The van der Waals surface area contributed by atoms with E-state index in [2.05, 4.69) is 21.8 Å². The molecule has 0 amide bonds. The SMILES string of the molecule is CC1(N)CCN(c2cnc3c(n2)CN=C3n2cnc3ccccc32)CC1. The highest BCUT2D eigenvalue weighted by Crippen LogP contribution is 2.26. The molecule has 7 heteroatoms. The third kappa shape index (κ3) is 2.47. The van der Waals surface area contributed by atoms with E-state index in [4.69, 9.17) is 15.7 Å². The van der Waals surface area contributed by atoms with Crippen LogP contribution in [0.5, 0.6) is 0 Å². The van der Waals surface area contributed by atoms with Gasteiger partial charge in [-0.05, 0) is 31.9 Å². The second-order valence-corrected chi connectivity index (χ2v) is 7.41. The first-order chi connectivity index (χ1) is 12.6. The fraction of sp³-hybridized carbons (Fsp3) is 0.368. The lowest BCUT2D eigenvalue weighted by Crippen LogP contribution is -2.48. The Balaban J connectivity index is 1.45. The van der Waals surface area contributed by atoms with Crippen molar-refractivity contribution < 1.29 is 0 Å². The zero-order chi connectivity index (χ0) is 17.7. The highest BCUT2D eigenvalue weighted by Gasteiger charge is 2.28. The van der Waals surface area contributed by atoms with Crippen molar-refractivity contribution in [2.24, 2.45) is 10.7 Å². The van der Waals surface area contributed by atoms with Crippen molar-refractivity contribution in [2.45, 2.75) is 31.8 Å². The molecule has 7 nitrogen and oxygen atoms in total. The number of nitrogens with two attached hydrogens (primary N) is 1. The summed E-state index contributed by atoms with van der Waals surface area (Å²) in [5.74, 6) is 1.74. The molecule has 4 heterocycles. The van der Waals surface area contributed by atoms with E-state index < -0.39 is 0 Å². The number of fused-ring (bicyclic) bond motifs is 2. The number of para-hydroxylation sites is 2. The van der Waals surface area contributed by atoms with Gasteiger partial charge in [0.15, 0.2) is 5.84 Å². The summed E-state index contributed by atoms with van der Waals surface area (Å²) in [4.78, 5) is 20.9. The maximum Gasteiger partial charge on any atom is 0.162 e. The van der Waals surface area contributed by atoms with Crippen molar-refractivity contribution in [1.29, 1.82) is 0 Å². The van der Waals surface area contributed by atoms with E-state index in [0.29, 0.717) is 6.54 Å². The molecule has 0 atom stereocenters. The van der Waals surface area contributed by atoms with Crippen molar-refractivity contribution in [3.63, 3.8) is 0 Å². The first-order valence-electron chi connectivity index (χ1n) is 8.98. The lowest BCUT2D eigenvalue weighted by Gasteiger charge is -2.37. The van der Waals surface area contributed by atoms with Crippen LogP contribution in [0.25, 0.3) is 11.0 Å². The van der Waals surface area contributed by atoms with E-state index in [1.807, 2.05) is 35.0 Å². The molecule has 0 spiro atoms. The first kappa shape index (κ1) is 15.5. The highest BCUT2D eigenvalue weighted by atomic mass is 15.2. The Kier molecular flexibility index (Phi) is 3.33. The minimum absolute atomic E-state index is 0.0700. The molecule has 2 aromatic heterocycles. The monoisotopic (exact) mass is 347 g/mol. The Morgan fingerprint density at radius 3 is 2.77 bits per heavy atom. The highest BCUT2D eigenvalue weighted by molar-refractivity contribution is 6.05. The number of rotatable bonds is 1. The van der Waals surface area contributed by atoms with Crippen LogP contribution in [-0.2, 0) is 6.54 Å². The molecular formula is C19H21N7. The van der Waals surface area contributed by atoms with Gasteiger partial charge in [0.2, 0.25) is 0 Å². The maximum atomic E-state index is 6.24. The number of aliphatic imine (C=N–C) groups is 1. The Morgan fingerprint density at radius 1 is 1.12 bits per heavy atom. The molecule has 3 aromatic rings. The second kappa shape index (κ2) is 5.60. The molecule has 0 unspecified atom stereocenters. The second-order valence-electron chi connectivity index (χ2n) is 7.41. The van der Waals surface area contributed by atoms with Gasteiger partial charge in [-0.3, -0.25) is 9.56 Å². The zero-order valence-corrected chi connectivity index (χ0v) is 14.8. The largest absolute Gasteiger partial charge is 0.355 e. The van der Waals surface area contributed by atoms with Gasteiger partial charge in [0.05, 0.1) is 29.5 Å². The van der Waals surface area contributed by atoms with Gasteiger partial charge < -0.3 is 10.6 Å². The smallest absolute Gasteiger partial charge is 0.162 e. The van der Waals surface area contributed by atoms with Crippen molar-refractivity contribution >= 4 is 22.7 Å². The number of piperidine rings is 1. The number of imidazole rings is 1. The molecule has 2 N–H and O–H groups in total. The van der Waals surface area contributed by atoms with Gasteiger partial charge in [-0.15, -0.1) is 0 Å². The van der Waals surface area contributed by atoms with Crippen molar-refractivity contribution in [3.8, 4) is 0 Å². The third-order valence-corrected chi connectivity index (χ3v) is 5.33. The van der Waals surface area contributed by atoms with Gasteiger partial charge in [0.1, 0.15) is 17.8 Å². The van der Waals surface area contributed by atoms with E-state index in [1.165, 1.54) is 0 Å². The lowest BCUT2D eigenvalue weighted by molar-refractivity contribution is 0.363. The molecule has 0 radical (unpaired) electrons. The average Bonchev–Trinajstić information content (AvgIpc) is 3.24. The predicted molar refractivity (Wildman–Crippen MR) is 101 cm³/mol. The van der Waals surface area contributed by atoms with E-state index in [1.54, 1.807) is 6.33 Å². The molecule has 0 bridgehead atoms. The Labute approximate surface area is 151 Å². The minimum Gasteiger partial charge on any atom is -0.355 e. The Hall–Kier alpha value is -2.80. The van der Waals surface area contributed by atoms with Crippen LogP contribution in [0.1, 0.15) is 31.2 Å². The maximum absolute atomic E-state index is 6.24. The molecule has 0 saturated carbocycles. The average molecular weight is 347 g/mol. The summed E-state index contributed by atoms with van der Waals surface area (Å²) < 4.78 is 2.00. The van der Waals surface area contributed by atoms with Crippen molar-refractivity contribution in [1.82, 2.24) is 19.5 Å². The predicted octanol–water partition coefficient (Wildman–Crippen LogP) is 1.95. The normalized spacial score (nSPS) is 18.8. The molecule has 1 aromatic carbocycles. The van der Waals surface area contributed by atoms with Gasteiger partial charge in [-0.2, -0.15) is 0 Å². The topological polar surface area (TPSA) is 85.2 Å². The number of benzene rings is 1. The van der Waals surface area contributed by atoms with E-state index in [9.17, 15) is 0 Å². The molecule has 5 rings (SSSR count). The van der Waals surface area contributed by atoms with Gasteiger partial charge >= 0.3 is 0 Å². The van der Waals surface area contributed by atoms with Gasteiger partial charge in [0.25, 0.3) is 0 Å².